The number of guanidine groups is 2. The van der Waals surface area contributed by atoms with E-state index in [4.69, 9.17) is 22.3 Å². The maximum Gasteiger partial charge on any atom is 0.417 e. The summed E-state index contributed by atoms with van der Waals surface area (Å²) in [6, 6.07) is 7.47. The molecule has 0 aliphatic carbocycles. The molecule has 0 spiro atoms. The Morgan fingerprint density at radius 2 is 1.42 bits per heavy atom. The van der Waals surface area contributed by atoms with E-state index in [1.54, 1.807) is 22.0 Å². The number of nitrogens with zero attached hydrogens (tertiary/aromatic N) is 2. The average molecular weight is 530 g/mol. The number of carbonyl (C=O) groups is 1. The van der Waals surface area contributed by atoms with Crippen molar-refractivity contribution >= 4 is 34.7 Å². The third kappa shape index (κ3) is 5.79. The molecule has 0 saturated heterocycles. The van der Waals surface area contributed by atoms with Gasteiger partial charge in [0.05, 0.1) is 5.56 Å². The minimum Gasteiger partial charge on any atom is -0.370 e. The normalized spacial score (nSPS) is 16.0. The molecule has 0 atom stereocenters. The van der Waals surface area contributed by atoms with E-state index >= 15 is 0 Å². The highest BCUT2D eigenvalue weighted by molar-refractivity contribution is 6.04. The first kappa shape index (κ1) is 26.7. The Balaban J connectivity index is 1.52. The van der Waals surface area contributed by atoms with Crippen molar-refractivity contribution in [2.75, 3.05) is 31.5 Å². The van der Waals surface area contributed by atoms with Crippen molar-refractivity contribution in [3.8, 4) is 0 Å². The summed E-state index contributed by atoms with van der Waals surface area (Å²) in [5, 5.41) is 17.4. The smallest absolute Gasteiger partial charge is 0.370 e. The molecule has 4 rings (SSSR count). The van der Waals surface area contributed by atoms with Gasteiger partial charge in [-0.05, 0) is 53.8 Å². The van der Waals surface area contributed by atoms with Crippen LogP contribution in [-0.2, 0) is 6.18 Å². The van der Waals surface area contributed by atoms with Gasteiger partial charge in [0, 0.05) is 43.0 Å². The molecule has 2 aromatic carbocycles. The number of amides is 1. The zero-order valence-electron chi connectivity index (χ0n) is 20.3. The fourth-order valence-electron chi connectivity index (χ4n) is 4.52. The van der Waals surface area contributed by atoms with Crippen LogP contribution in [-0.4, -0.2) is 53.8 Å². The van der Waals surface area contributed by atoms with Gasteiger partial charge in [-0.15, -0.1) is 0 Å². The van der Waals surface area contributed by atoms with Gasteiger partial charge in [0.15, 0.2) is 11.9 Å². The van der Waals surface area contributed by atoms with Gasteiger partial charge in [-0.2, -0.15) is 13.2 Å². The van der Waals surface area contributed by atoms with Crippen molar-refractivity contribution in [3.63, 3.8) is 0 Å². The Labute approximate surface area is 216 Å². The molecule has 2 aromatic rings. The molecule has 12 heteroatoms. The minimum absolute atomic E-state index is 0.00167. The second kappa shape index (κ2) is 10.6. The van der Waals surface area contributed by atoms with Crippen LogP contribution >= 0.6 is 0 Å². The lowest BCUT2D eigenvalue weighted by atomic mass is 9.94. The van der Waals surface area contributed by atoms with E-state index in [2.05, 4.69) is 5.32 Å². The largest absolute Gasteiger partial charge is 0.417 e. The van der Waals surface area contributed by atoms with E-state index in [0.29, 0.717) is 37.2 Å². The monoisotopic (exact) mass is 529 g/mol. The van der Waals surface area contributed by atoms with Crippen LogP contribution < -0.4 is 16.8 Å². The first-order valence-electron chi connectivity index (χ1n) is 11.8. The maximum atomic E-state index is 14.9. The molecule has 2 aliphatic heterocycles. The van der Waals surface area contributed by atoms with Crippen LogP contribution in [0.15, 0.2) is 48.6 Å². The summed E-state index contributed by atoms with van der Waals surface area (Å²) in [5.41, 5.74) is 11.4. The Hall–Kier alpha value is -4.35. The Morgan fingerprint density at radius 3 is 1.89 bits per heavy atom. The first-order valence-corrected chi connectivity index (χ1v) is 11.8. The van der Waals surface area contributed by atoms with Crippen LogP contribution in [0.5, 0.6) is 0 Å². The Bertz CT molecular complexity index is 1350. The van der Waals surface area contributed by atoms with Crippen molar-refractivity contribution in [1.29, 1.82) is 10.8 Å². The topological polar surface area (TPSA) is 135 Å². The average Bonchev–Trinajstić information content (AvgIpc) is 2.88. The molecule has 2 heterocycles. The van der Waals surface area contributed by atoms with Crippen LogP contribution in [0, 0.1) is 16.6 Å². The van der Waals surface area contributed by atoms with Crippen LogP contribution in [0.4, 0.5) is 23.2 Å². The van der Waals surface area contributed by atoms with Crippen LogP contribution in [0.1, 0.15) is 39.9 Å². The second-order valence-electron chi connectivity index (χ2n) is 9.03. The van der Waals surface area contributed by atoms with E-state index in [-0.39, 0.29) is 41.7 Å². The summed E-state index contributed by atoms with van der Waals surface area (Å²) in [7, 11) is 0. The number of anilines is 1. The molecule has 0 bridgehead atoms. The van der Waals surface area contributed by atoms with Gasteiger partial charge in [0.1, 0.15) is 5.82 Å². The lowest BCUT2D eigenvalue weighted by Gasteiger charge is -2.27. The fourth-order valence-corrected chi connectivity index (χ4v) is 4.52. The summed E-state index contributed by atoms with van der Waals surface area (Å²) in [4.78, 5) is 15.9. The number of carbonyl (C=O) groups excluding carboxylic acids is 1. The molecule has 0 fully saturated rings. The second-order valence-corrected chi connectivity index (χ2v) is 9.03. The zero-order valence-corrected chi connectivity index (χ0v) is 20.3. The quantitative estimate of drug-likeness (QED) is 0.231. The third-order valence-corrected chi connectivity index (χ3v) is 6.61. The summed E-state index contributed by atoms with van der Waals surface area (Å²) in [5.74, 6) is -1.58. The molecule has 0 unspecified atom stereocenters. The van der Waals surface area contributed by atoms with Crippen molar-refractivity contribution in [3.05, 3.63) is 76.6 Å². The standard InChI is InChI=1S/C26H27F4N7O/c27-22-13-17(1-3-20(22)16-7-11-37(12-8-16)25(33)34)23(38)35-18-2-4-19(21(14-18)26(28,29)30)15-5-9-36(10-6-15)24(31)32/h1-5,7,13-14H,6,8-12H2,(H3,31,32)(H3,33,34)(H,35,38). The molecular weight excluding hydrogens is 502 g/mol. The van der Waals surface area contributed by atoms with Gasteiger partial charge < -0.3 is 26.6 Å². The van der Waals surface area contributed by atoms with E-state index < -0.39 is 23.5 Å². The predicted octanol–water partition coefficient (Wildman–Crippen LogP) is 4.06. The Morgan fingerprint density at radius 1 is 0.868 bits per heavy atom. The highest BCUT2D eigenvalue weighted by Gasteiger charge is 2.35. The van der Waals surface area contributed by atoms with Gasteiger partial charge in [-0.3, -0.25) is 15.6 Å². The Kier molecular flexibility index (Phi) is 7.42. The highest BCUT2D eigenvalue weighted by Crippen LogP contribution is 2.38. The van der Waals surface area contributed by atoms with Crippen LogP contribution in [0.2, 0.25) is 0 Å². The van der Waals surface area contributed by atoms with Gasteiger partial charge in [-0.25, -0.2) is 4.39 Å². The number of nitrogens with one attached hydrogen (secondary N) is 3. The molecule has 0 aromatic heterocycles. The molecule has 0 saturated carbocycles. The number of rotatable bonds is 4. The summed E-state index contributed by atoms with van der Waals surface area (Å²) >= 11 is 0. The first-order chi connectivity index (χ1) is 17.9. The summed E-state index contributed by atoms with van der Waals surface area (Å²) < 4.78 is 56.6. The highest BCUT2D eigenvalue weighted by atomic mass is 19.4. The lowest BCUT2D eigenvalue weighted by Crippen LogP contribution is -2.39. The van der Waals surface area contributed by atoms with Crippen molar-refractivity contribution < 1.29 is 22.4 Å². The van der Waals surface area contributed by atoms with E-state index in [1.807, 2.05) is 0 Å². The third-order valence-electron chi connectivity index (χ3n) is 6.61. The zero-order chi connectivity index (χ0) is 27.6. The van der Waals surface area contributed by atoms with Crippen molar-refractivity contribution in [2.24, 2.45) is 11.5 Å². The molecule has 2 aliphatic rings. The SMILES string of the molecule is N=C(N)N1CC=C(c2ccc(C(=O)Nc3ccc(C4=CCN(C(=N)N)CC4)c(C(F)(F)F)c3)cc2F)CC1. The number of hydrogen-bond acceptors (Lipinski definition) is 3. The molecular formula is C26H27F4N7O. The predicted molar refractivity (Wildman–Crippen MR) is 138 cm³/mol. The number of nitrogens with two attached hydrogens (primary N) is 2. The van der Waals surface area contributed by atoms with Crippen molar-refractivity contribution in [1.82, 2.24) is 9.80 Å². The van der Waals surface area contributed by atoms with Gasteiger partial charge in [-0.1, -0.05) is 24.3 Å². The fraction of sp³-hybridized carbons (Fsp3) is 0.269. The number of alkyl halides is 3. The molecule has 200 valence electrons. The molecule has 7 N–H and O–H groups in total. The lowest BCUT2D eigenvalue weighted by molar-refractivity contribution is -0.137. The van der Waals surface area contributed by atoms with Crippen LogP contribution in [0.25, 0.3) is 11.1 Å². The van der Waals surface area contributed by atoms with E-state index in [9.17, 15) is 22.4 Å². The summed E-state index contributed by atoms with van der Waals surface area (Å²) in [6.07, 6.45) is -0.546. The molecule has 0 radical (unpaired) electrons. The van der Waals surface area contributed by atoms with Gasteiger partial charge in [0.25, 0.3) is 5.91 Å². The van der Waals surface area contributed by atoms with E-state index in [0.717, 1.165) is 17.7 Å². The molecule has 38 heavy (non-hydrogen) atoms. The van der Waals surface area contributed by atoms with Gasteiger partial charge >= 0.3 is 6.18 Å². The summed E-state index contributed by atoms with van der Waals surface area (Å²) in [6.45, 7) is 1.39. The van der Waals surface area contributed by atoms with Crippen LogP contribution in [0.3, 0.4) is 0 Å². The number of hydrogen-bond donors (Lipinski definition) is 5. The minimum atomic E-state index is -4.67. The maximum absolute atomic E-state index is 14.9. The number of benzene rings is 2. The van der Waals surface area contributed by atoms with Gasteiger partial charge in [0.2, 0.25) is 0 Å². The van der Waals surface area contributed by atoms with Crippen molar-refractivity contribution in [2.45, 2.75) is 19.0 Å². The molecule has 8 nitrogen and oxygen atoms in total. The molecule has 1 amide bonds. The van der Waals surface area contributed by atoms with E-state index in [1.165, 1.54) is 24.3 Å². The number of halogens is 4.